The molecule has 1 aliphatic heterocycles. The fourth-order valence-electron chi connectivity index (χ4n) is 4.73. The molecule has 0 spiro atoms. The second-order valence-electron chi connectivity index (χ2n) is 9.34. The number of likely N-dealkylation sites (tertiary alicyclic amines) is 1. The van der Waals surface area contributed by atoms with Gasteiger partial charge in [0.2, 0.25) is 0 Å². The van der Waals surface area contributed by atoms with E-state index in [9.17, 15) is 39.9 Å². The summed E-state index contributed by atoms with van der Waals surface area (Å²) in [6.07, 6.45) is 3.22. The number of allylic oxidation sites excluding steroid dienone is 1. The average Bonchev–Trinajstić information content (AvgIpc) is 3.25. The quantitative estimate of drug-likeness (QED) is 0.234. The van der Waals surface area contributed by atoms with Crippen LogP contribution in [0.5, 0.6) is 0 Å². The SMILES string of the molecule is C/C1=C\CC/C(CO)=C/[C@H](O)[C@H]([C@@H](CN2CCC[C@@H]2C(=O)O)C(=O)O)[C@H](OC(=O)[C@@H](C)CO)C1. The van der Waals surface area contributed by atoms with Crippen LogP contribution in [0, 0.1) is 17.8 Å². The number of carbonyl (C=O) groups excluding carboxylic acids is 1. The van der Waals surface area contributed by atoms with Crippen molar-refractivity contribution >= 4 is 17.9 Å². The van der Waals surface area contributed by atoms with Crippen molar-refractivity contribution < 1.29 is 44.7 Å². The van der Waals surface area contributed by atoms with Crippen molar-refractivity contribution in [2.24, 2.45) is 17.8 Å². The zero-order valence-corrected chi connectivity index (χ0v) is 19.8. The highest BCUT2D eigenvalue weighted by molar-refractivity contribution is 5.75. The summed E-state index contributed by atoms with van der Waals surface area (Å²) in [5.74, 6) is -6.18. The molecule has 0 radical (unpaired) electrons. The topological polar surface area (TPSA) is 165 Å². The number of aliphatic hydroxyl groups is 3. The minimum absolute atomic E-state index is 0.136. The van der Waals surface area contributed by atoms with Gasteiger partial charge >= 0.3 is 17.9 Å². The van der Waals surface area contributed by atoms with E-state index in [1.165, 1.54) is 13.0 Å². The highest BCUT2D eigenvalue weighted by atomic mass is 16.5. The lowest BCUT2D eigenvalue weighted by Crippen LogP contribution is -2.49. The Morgan fingerprint density at radius 2 is 1.94 bits per heavy atom. The van der Waals surface area contributed by atoms with E-state index in [2.05, 4.69) is 0 Å². The standard InChI is InChI=1S/C24H37NO9/c1-14-5-3-6-16(13-27)10-19(28)21(20(9-14)34-24(33)15(2)12-26)17(22(29)30)11-25-8-4-7-18(25)23(31)32/h5,10,15,17-21,26-28H,3-4,6-9,11-13H2,1-2H3,(H,29,30)(H,31,32)/b14-5+,16-10-/t15-,17+,18+,19-,20+,21-/m0/s1. The summed E-state index contributed by atoms with van der Waals surface area (Å²) in [7, 11) is 0. The second-order valence-corrected chi connectivity index (χ2v) is 9.34. The van der Waals surface area contributed by atoms with E-state index in [1.54, 1.807) is 4.90 Å². The monoisotopic (exact) mass is 483 g/mol. The molecule has 0 aromatic carbocycles. The lowest BCUT2D eigenvalue weighted by Gasteiger charge is -2.37. The van der Waals surface area contributed by atoms with Crippen LogP contribution in [0.4, 0.5) is 0 Å². The Kier molecular flexibility index (Phi) is 10.7. The second kappa shape index (κ2) is 13.0. The summed E-state index contributed by atoms with van der Waals surface area (Å²) >= 11 is 0. The lowest BCUT2D eigenvalue weighted by molar-refractivity contribution is -0.166. The molecule has 5 N–H and O–H groups in total. The predicted octanol–water partition coefficient (Wildman–Crippen LogP) is 0.802. The van der Waals surface area contributed by atoms with E-state index in [-0.39, 0.29) is 19.6 Å². The predicted molar refractivity (Wildman–Crippen MR) is 122 cm³/mol. The van der Waals surface area contributed by atoms with E-state index < -0.39 is 60.5 Å². The van der Waals surface area contributed by atoms with Gasteiger partial charge in [-0.3, -0.25) is 19.3 Å². The number of esters is 1. The number of ether oxygens (including phenoxy) is 1. The van der Waals surface area contributed by atoms with Crippen molar-refractivity contribution in [1.29, 1.82) is 0 Å². The van der Waals surface area contributed by atoms with Crippen molar-refractivity contribution in [3.8, 4) is 0 Å². The molecule has 10 nitrogen and oxygen atoms in total. The maximum Gasteiger partial charge on any atom is 0.320 e. The minimum Gasteiger partial charge on any atom is -0.481 e. The van der Waals surface area contributed by atoms with Crippen molar-refractivity contribution in [1.82, 2.24) is 4.90 Å². The molecule has 2 rings (SSSR count). The summed E-state index contributed by atoms with van der Waals surface area (Å²) in [5, 5.41) is 50.0. The maximum atomic E-state index is 12.6. The Balaban J connectivity index is 2.50. The molecule has 2 aliphatic rings. The number of aliphatic carboxylic acids is 2. The summed E-state index contributed by atoms with van der Waals surface area (Å²) < 4.78 is 5.68. The van der Waals surface area contributed by atoms with Crippen LogP contribution in [0.2, 0.25) is 0 Å². The maximum absolute atomic E-state index is 12.6. The van der Waals surface area contributed by atoms with Crippen LogP contribution >= 0.6 is 0 Å². The van der Waals surface area contributed by atoms with Crippen LogP contribution in [0.1, 0.15) is 46.0 Å². The third kappa shape index (κ3) is 7.36. The van der Waals surface area contributed by atoms with Crippen LogP contribution in [0.25, 0.3) is 0 Å². The molecule has 1 aliphatic carbocycles. The highest BCUT2D eigenvalue weighted by Crippen LogP contribution is 2.33. The molecular formula is C24H37NO9. The molecule has 10 heteroatoms. The first-order valence-corrected chi connectivity index (χ1v) is 11.7. The Morgan fingerprint density at radius 1 is 1.24 bits per heavy atom. The Morgan fingerprint density at radius 3 is 2.53 bits per heavy atom. The fraction of sp³-hybridized carbons (Fsp3) is 0.708. The van der Waals surface area contributed by atoms with Gasteiger partial charge in [0.05, 0.1) is 31.2 Å². The number of aliphatic hydroxyl groups excluding tert-OH is 3. The molecule has 6 atom stereocenters. The van der Waals surface area contributed by atoms with E-state index in [1.807, 2.05) is 13.0 Å². The van der Waals surface area contributed by atoms with E-state index in [0.717, 1.165) is 5.57 Å². The van der Waals surface area contributed by atoms with Gasteiger partial charge in [-0.2, -0.15) is 0 Å². The van der Waals surface area contributed by atoms with Gasteiger partial charge in [-0.05, 0) is 51.6 Å². The van der Waals surface area contributed by atoms with Gasteiger partial charge in [-0.15, -0.1) is 0 Å². The molecule has 0 unspecified atom stereocenters. The third-order valence-electron chi connectivity index (χ3n) is 6.72. The normalized spacial score (nSPS) is 31.4. The number of hydrogen-bond acceptors (Lipinski definition) is 8. The highest BCUT2D eigenvalue weighted by Gasteiger charge is 2.44. The molecule has 1 heterocycles. The van der Waals surface area contributed by atoms with Gasteiger partial charge in [-0.25, -0.2) is 0 Å². The Bertz CT molecular complexity index is 793. The van der Waals surface area contributed by atoms with Gasteiger partial charge in [0.25, 0.3) is 0 Å². The summed E-state index contributed by atoms with van der Waals surface area (Å²) in [4.78, 5) is 38.3. The van der Waals surface area contributed by atoms with E-state index >= 15 is 0 Å². The van der Waals surface area contributed by atoms with Gasteiger partial charge in [0.15, 0.2) is 0 Å². The average molecular weight is 484 g/mol. The molecular weight excluding hydrogens is 446 g/mol. The summed E-state index contributed by atoms with van der Waals surface area (Å²) in [5.41, 5.74) is 1.37. The zero-order valence-electron chi connectivity index (χ0n) is 19.8. The largest absolute Gasteiger partial charge is 0.481 e. The number of hydrogen-bond donors (Lipinski definition) is 5. The van der Waals surface area contributed by atoms with Crippen molar-refractivity contribution in [3.05, 3.63) is 23.3 Å². The summed E-state index contributed by atoms with van der Waals surface area (Å²) in [6, 6.07) is -0.820. The van der Waals surface area contributed by atoms with Crippen LogP contribution in [-0.4, -0.2) is 92.9 Å². The number of rotatable bonds is 9. The smallest absolute Gasteiger partial charge is 0.320 e. The van der Waals surface area contributed by atoms with E-state index in [4.69, 9.17) is 4.74 Å². The number of carboxylic acid groups (broad SMARTS) is 2. The number of nitrogens with zero attached hydrogens (tertiary/aromatic N) is 1. The summed E-state index contributed by atoms with van der Waals surface area (Å²) in [6.45, 7) is 2.82. The molecule has 34 heavy (non-hydrogen) atoms. The van der Waals surface area contributed by atoms with Crippen molar-refractivity contribution in [2.45, 2.75) is 64.2 Å². The van der Waals surface area contributed by atoms with Crippen LogP contribution in [0.15, 0.2) is 23.3 Å². The first-order chi connectivity index (χ1) is 16.1. The van der Waals surface area contributed by atoms with Crippen LogP contribution in [-0.2, 0) is 19.1 Å². The molecule has 0 amide bonds. The lowest BCUT2D eigenvalue weighted by atomic mass is 9.78. The molecule has 0 saturated carbocycles. The molecule has 0 aromatic heterocycles. The van der Waals surface area contributed by atoms with Crippen molar-refractivity contribution in [3.63, 3.8) is 0 Å². The van der Waals surface area contributed by atoms with Gasteiger partial charge in [0, 0.05) is 18.9 Å². The van der Waals surface area contributed by atoms with E-state index in [0.29, 0.717) is 37.8 Å². The molecule has 0 bridgehead atoms. The van der Waals surface area contributed by atoms with Crippen LogP contribution < -0.4 is 0 Å². The molecule has 192 valence electrons. The zero-order chi connectivity index (χ0) is 25.4. The molecule has 1 saturated heterocycles. The van der Waals surface area contributed by atoms with Gasteiger partial charge < -0.3 is 30.3 Å². The van der Waals surface area contributed by atoms with Crippen molar-refractivity contribution in [2.75, 3.05) is 26.3 Å². The molecule has 1 fully saturated rings. The first kappa shape index (κ1) is 28.0. The van der Waals surface area contributed by atoms with Gasteiger partial charge in [0.1, 0.15) is 12.1 Å². The Labute approximate surface area is 199 Å². The third-order valence-corrected chi connectivity index (χ3v) is 6.72. The number of carbonyl (C=O) groups is 3. The number of carboxylic acids is 2. The fourth-order valence-corrected chi connectivity index (χ4v) is 4.73. The van der Waals surface area contributed by atoms with Crippen LogP contribution in [0.3, 0.4) is 0 Å². The minimum atomic E-state index is -1.36. The first-order valence-electron chi connectivity index (χ1n) is 11.7. The molecule has 0 aromatic rings. The van der Waals surface area contributed by atoms with Gasteiger partial charge in [-0.1, -0.05) is 17.7 Å². The Hall–Kier alpha value is -2.27.